The minimum Gasteiger partial charge on any atom is -0.392 e. The number of hydrogen-bond acceptors (Lipinski definition) is 5. The van der Waals surface area contributed by atoms with E-state index in [2.05, 4.69) is 4.72 Å². The molecule has 1 aromatic carbocycles. The van der Waals surface area contributed by atoms with Gasteiger partial charge in [-0.3, -0.25) is 0 Å². The highest BCUT2D eigenvalue weighted by Gasteiger charge is 2.41. The molecule has 112 valence electrons. The molecule has 0 aromatic heterocycles. The maximum absolute atomic E-state index is 12.3. The van der Waals surface area contributed by atoms with Crippen molar-refractivity contribution in [3.8, 4) is 0 Å². The lowest BCUT2D eigenvalue weighted by Crippen LogP contribution is -2.46. The number of hydrogen-bond donors (Lipinski definition) is 2. The Morgan fingerprint density at radius 3 is 2.65 bits per heavy atom. The van der Waals surface area contributed by atoms with Gasteiger partial charge < -0.3 is 5.11 Å². The predicted molar refractivity (Wildman–Crippen MR) is 74.4 cm³/mol. The molecule has 0 radical (unpaired) electrons. The van der Waals surface area contributed by atoms with Gasteiger partial charge in [-0.2, -0.15) is 0 Å². The van der Waals surface area contributed by atoms with Gasteiger partial charge in [0.15, 0.2) is 9.84 Å². The molecule has 20 heavy (non-hydrogen) atoms. The summed E-state index contributed by atoms with van der Waals surface area (Å²) in [6.07, 6.45) is 0.258. The Bertz CT molecular complexity index is 711. The van der Waals surface area contributed by atoms with Gasteiger partial charge in [-0.05, 0) is 31.0 Å². The van der Waals surface area contributed by atoms with Gasteiger partial charge in [0.25, 0.3) is 0 Å². The topological polar surface area (TPSA) is 101 Å². The lowest BCUT2D eigenvalue weighted by molar-refractivity contribution is 0.281. The van der Waals surface area contributed by atoms with Crippen LogP contribution in [0.2, 0.25) is 0 Å². The summed E-state index contributed by atoms with van der Waals surface area (Å²) in [4.78, 5) is 0.0228. The Kier molecular flexibility index (Phi) is 3.94. The van der Waals surface area contributed by atoms with Crippen LogP contribution in [0.5, 0.6) is 0 Å². The van der Waals surface area contributed by atoms with Gasteiger partial charge in [0.1, 0.15) is 0 Å². The van der Waals surface area contributed by atoms with Gasteiger partial charge in [0.2, 0.25) is 10.0 Å². The first-order valence-corrected chi connectivity index (χ1v) is 9.41. The second-order valence-electron chi connectivity index (χ2n) is 5.31. The molecule has 0 bridgehead atoms. The van der Waals surface area contributed by atoms with Crippen LogP contribution in [-0.4, -0.2) is 39.0 Å². The van der Waals surface area contributed by atoms with Crippen molar-refractivity contribution in [1.29, 1.82) is 0 Å². The van der Waals surface area contributed by atoms with E-state index in [4.69, 9.17) is 5.11 Å². The largest absolute Gasteiger partial charge is 0.392 e. The molecule has 2 rings (SSSR count). The molecule has 1 unspecified atom stereocenters. The average Bonchev–Trinajstić information content (AvgIpc) is 2.62. The highest BCUT2D eigenvalue weighted by atomic mass is 32.2. The first kappa shape index (κ1) is 15.4. The summed E-state index contributed by atoms with van der Waals surface area (Å²) in [5.74, 6) is -0.207. The number of nitrogens with one attached hydrogen (secondary N) is 1. The summed E-state index contributed by atoms with van der Waals surface area (Å²) in [6, 6.07) is 5.93. The summed E-state index contributed by atoms with van der Waals surface area (Å²) in [6.45, 7) is 1.33. The van der Waals surface area contributed by atoms with Crippen molar-refractivity contribution in [2.75, 3.05) is 11.5 Å². The molecule has 1 heterocycles. The van der Waals surface area contributed by atoms with Crippen LogP contribution < -0.4 is 4.72 Å². The molecule has 0 aliphatic carbocycles. The number of rotatable bonds is 4. The van der Waals surface area contributed by atoms with Crippen molar-refractivity contribution >= 4 is 19.9 Å². The molecule has 0 spiro atoms. The number of aliphatic hydroxyl groups is 1. The molecule has 1 aliphatic heterocycles. The van der Waals surface area contributed by atoms with E-state index in [9.17, 15) is 16.8 Å². The van der Waals surface area contributed by atoms with Crippen molar-refractivity contribution in [2.24, 2.45) is 0 Å². The van der Waals surface area contributed by atoms with Crippen LogP contribution >= 0.6 is 0 Å². The highest BCUT2D eigenvalue weighted by molar-refractivity contribution is 7.92. The van der Waals surface area contributed by atoms with Crippen LogP contribution in [0.4, 0.5) is 0 Å². The zero-order chi connectivity index (χ0) is 15.0. The van der Waals surface area contributed by atoms with E-state index < -0.39 is 25.4 Å². The van der Waals surface area contributed by atoms with E-state index in [0.717, 1.165) is 0 Å². The van der Waals surface area contributed by atoms with E-state index in [0.29, 0.717) is 5.56 Å². The normalized spacial score (nSPS) is 25.7. The molecule has 1 aromatic rings. The van der Waals surface area contributed by atoms with Crippen LogP contribution in [0.3, 0.4) is 0 Å². The number of benzene rings is 1. The predicted octanol–water partition coefficient (Wildman–Crippen LogP) is 0.0344. The molecule has 1 saturated heterocycles. The smallest absolute Gasteiger partial charge is 0.241 e. The van der Waals surface area contributed by atoms with Crippen LogP contribution in [0.15, 0.2) is 29.2 Å². The average molecular weight is 319 g/mol. The van der Waals surface area contributed by atoms with Gasteiger partial charge in [-0.25, -0.2) is 21.6 Å². The fourth-order valence-corrected chi connectivity index (χ4v) is 5.97. The summed E-state index contributed by atoms with van der Waals surface area (Å²) in [7, 11) is -7.00. The zero-order valence-corrected chi connectivity index (χ0v) is 12.7. The molecule has 1 atom stereocenters. The Morgan fingerprint density at radius 2 is 2.10 bits per heavy atom. The molecule has 0 amide bonds. The van der Waals surface area contributed by atoms with Crippen molar-refractivity contribution in [3.63, 3.8) is 0 Å². The lowest BCUT2D eigenvalue weighted by Gasteiger charge is -2.23. The fraction of sp³-hybridized carbons (Fsp3) is 0.500. The number of sulfone groups is 1. The highest BCUT2D eigenvalue weighted by Crippen LogP contribution is 2.25. The Hall–Kier alpha value is -0.960. The molecular formula is C12H17NO5S2. The van der Waals surface area contributed by atoms with Crippen LogP contribution in [0, 0.1) is 0 Å². The number of aliphatic hydroxyl groups excluding tert-OH is 1. The molecule has 0 saturated carbocycles. The molecule has 6 nitrogen and oxygen atoms in total. The van der Waals surface area contributed by atoms with E-state index in [1.807, 2.05) is 0 Å². The Labute approximate surface area is 118 Å². The fourth-order valence-electron chi connectivity index (χ4n) is 2.29. The zero-order valence-electron chi connectivity index (χ0n) is 11.0. The van der Waals surface area contributed by atoms with Gasteiger partial charge in [-0.1, -0.05) is 12.1 Å². The lowest BCUT2D eigenvalue weighted by atomic mass is 10.0. The molecule has 2 N–H and O–H groups in total. The summed E-state index contributed by atoms with van der Waals surface area (Å²) < 4.78 is 50.0. The van der Waals surface area contributed by atoms with Crippen LogP contribution in [0.1, 0.15) is 18.9 Å². The maximum Gasteiger partial charge on any atom is 0.241 e. The minimum atomic E-state index is -3.81. The summed E-state index contributed by atoms with van der Waals surface area (Å²) in [5.41, 5.74) is -0.496. The molecule has 1 aliphatic rings. The molecular weight excluding hydrogens is 302 g/mol. The van der Waals surface area contributed by atoms with E-state index >= 15 is 0 Å². The minimum absolute atomic E-state index is 0.0112. The van der Waals surface area contributed by atoms with Crippen molar-refractivity contribution in [1.82, 2.24) is 4.72 Å². The Balaban J connectivity index is 2.28. The standard InChI is InChI=1S/C12H17NO5S2/c1-12(5-6-19(15,16)9-12)13-20(17,18)11-4-2-3-10(7-11)8-14/h2-4,7,13-14H,5-6,8-9H2,1H3. The first-order chi connectivity index (χ1) is 9.16. The summed E-state index contributed by atoms with van der Waals surface area (Å²) >= 11 is 0. The van der Waals surface area contributed by atoms with Crippen LogP contribution in [0.25, 0.3) is 0 Å². The van der Waals surface area contributed by atoms with Gasteiger partial charge in [0.05, 0.1) is 23.0 Å². The van der Waals surface area contributed by atoms with Gasteiger partial charge in [-0.15, -0.1) is 0 Å². The van der Waals surface area contributed by atoms with Gasteiger partial charge >= 0.3 is 0 Å². The Morgan fingerprint density at radius 1 is 1.40 bits per heavy atom. The second-order valence-corrected chi connectivity index (χ2v) is 9.18. The quantitative estimate of drug-likeness (QED) is 0.816. The molecule has 1 fully saturated rings. The SMILES string of the molecule is CC1(NS(=O)(=O)c2cccc(CO)c2)CCS(=O)(=O)C1. The van der Waals surface area contributed by atoms with Crippen LogP contribution in [-0.2, 0) is 26.5 Å². The van der Waals surface area contributed by atoms with E-state index in [-0.39, 0.29) is 29.4 Å². The second kappa shape index (κ2) is 5.10. The third-order valence-corrected chi connectivity index (χ3v) is 6.81. The first-order valence-electron chi connectivity index (χ1n) is 6.10. The monoisotopic (exact) mass is 319 g/mol. The summed E-state index contributed by atoms with van der Waals surface area (Å²) in [5, 5.41) is 9.04. The molecule has 8 heteroatoms. The third kappa shape index (κ3) is 3.38. The van der Waals surface area contributed by atoms with E-state index in [1.165, 1.54) is 18.2 Å². The van der Waals surface area contributed by atoms with Crippen molar-refractivity contribution < 1.29 is 21.9 Å². The van der Waals surface area contributed by atoms with Crippen molar-refractivity contribution in [3.05, 3.63) is 29.8 Å². The third-order valence-electron chi connectivity index (χ3n) is 3.28. The maximum atomic E-state index is 12.3. The van der Waals surface area contributed by atoms with E-state index in [1.54, 1.807) is 13.0 Å². The number of sulfonamides is 1. The van der Waals surface area contributed by atoms with Crippen molar-refractivity contribution in [2.45, 2.75) is 30.4 Å². The van der Waals surface area contributed by atoms with Gasteiger partial charge in [0, 0.05) is 5.54 Å².